The molecule has 0 amide bonds. The van der Waals surface area contributed by atoms with Crippen LogP contribution in [0.3, 0.4) is 0 Å². The van der Waals surface area contributed by atoms with Crippen molar-refractivity contribution in [2.45, 2.75) is 11.5 Å². The van der Waals surface area contributed by atoms with E-state index in [-0.39, 0.29) is 5.75 Å². The molecule has 9 heteroatoms. The van der Waals surface area contributed by atoms with Crippen molar-refractivity contribution < 1.29 is 21.9 Å². The molecule has 6 nitrogen and oxygen atoms in total. The number of pyridine rings is 1. The summed E-state index contributed by atoms with van der Waals surface area (Å²) in [5, 5.41) is 3.79. The predicted octanol–water partition coefficient (Wildman–Crippen LogP) is 0.257. The van der Waals surface area contributed by atoms with Gasteiger partial charge < -0.3 is 10.5 Å². The zero-order valence-electron chi connectivity index (χ0n) is 8.15. The molecule has 1 heterocycles. The molecule has 0 saturated heterocycles. The summed E-state index contributed by atoms with van der Waals surface area (Å²) in [6.07, 6.45) is -2.20. The Morgan fingerprint density at radius 3 is 2.44 bits per heavy atom. The van der Waals surface area contributed by atoms with Gasteiger partial charge in [0.2, 0.25) is 0 Å². The van der Waals surface area contributed by atoms with Crippen LogP contribution in [0.1, 0.15) is 12.0 Å². The molecule has 90 valence electrons. The van der Waals surface area contributed by atoms with Gasteiger partial charge >= 0.3 is 0 Å². The molecule has 0 aliphatic carbocycles. The van der Waals surface area contributed by atoms with E-state index >= 15 is 0 Å². The van der Waals surface area contributed by atoms with Gasteiger partial charge in [-0.05, 0) is 0 Å². The highest BCUT2D eigenvalue weighted by Gasteiger charge is 2.27. The first-order valence-electron chi connectivity index (χ1n) is 3.92. The van der Waals surface area contributed by atoms with Gasteiger partial charge in [0.1, 0.15) is 0 Å². The molecule has 0 spiro atoms. The number of primary sulfonamides is 1. The van der Waals surface area contributed by atoms with Crippen LogP contribution in [0.4, 0.5) is 14.5 Å². The maximum absolute atomic E-state index is 12.6. The monoisotopic (exact) mass is 253 g/mol. The van der Waals surface area contributed by atoms with Crippen molar-refractivity contribution in [2.24, 2.45) is 5.14 Å². The van der Waals surface area contributed by atoms with Crippen LogP contribution in [0, 0.1) is 0 Å². The quantitative estimate of drug-likeness (QED) is 0.803. The Kier molecular flexibility index (Phi) is 3.29. The Labute approximate surface area is 90.3 Å². The average molecular weight is 253 g/mol. The highest BCUT2D eigenvalue weighted by molar-refractivity contribution is 7.89. The van der Waals surface area contributed by atoms with Crippen LogP contribution < -0.4 is 15.6 Å². The fourth-order valence-electron chi connectivity index (χ4n) is 1.10. The number of nitrogens with two attached hydrogens (primary N) is 2. The summed E-state index contributed by atoms with van der Waals surface area (Å²) in [5.41, 5.74) is 3.90. The van der Waals surface area contributed by atoms with E-state index in [1.807, 2.05) is 0 Å². The molecule has 4 N–H and O–H groups in total. The maximum atomic E-state index is 12.6. The third kappa shape index (κ3) is 2.19. The van der Waals surface area contributed by atoms with Crippen LogP contribution in [-0.4, -0.2) is 20.5 Å². The van der Waals surface area contributed by atoms with Crippen molar-refractivity contribution >= 4 is 15.7 Å². The Bertz CT molecular complexity index is 504. The summed E-state index contributed by atoms with van der Waals surface area (Å²) < 4.78 is 51.9. The number of anilines is 1. The molecule has 0 fully saturated rings. The van der Waals surface area contributed by atoms with Gasteiger partial charge in [-0.1, -0.05) is 0 Å². The number of hydrogen-bond acceptors (Lipinski definition) is 5. The number of halogens is 2. The Morgan fingerprint density at radius 1 is 1.50 bits per heavy atom. The zero-order valence-corrected chi connectivity index (χ0v) is 8.96. The number of hydrogen-bond donors (Lipinski definition) is 2. The number of alkyl halides is 2. The van der Waals surface area contributed by atoms with Crippen molar-refractivity contribution in [1.82, 2.24) is 4.98 Å². The predicted molar refractivity (Wildman–Crippen MR) is 51.5 cm³/mol. The van der Waals surface area contributed by atoms with Crippen molar-refractivity contribution in [2.75, 3.05) is 12.8 Å². The standard InChI is InChI=1S/C7H9F2N3O3S/c1-15-3-2-12-7(16(11,13)14)4(5(3)10)6(8)9/h2,6H,1H3,(H2,10,12)(H2,11,13,14). The molecular formula is C7H9F2N3O3S. The summed E-state index contributed by atoms with van der Waals surface area (Å²) >= 11 is 0. The lowest BCUT2D eigenvalue weighted by atomic mass is 10.2. The number of nitrogen functional groups attached to an aromatic ring is 1. The molecule has 0 radical (unpaired) electrons. The second kappa shape index (κ2) is 4.18. The molecule has 0 aliphatic heterocycles. The van der Waals surface area contributed by atoms with Crippen molar-refractivity contribution in [3.8, 4) is 5.75 Å². The Balaban J connectivity index is 3.60. The minimum Gasteiger partial charge on any atom is -0.493 e. The van der Waals surface area contributed by atoms with E-state index in [4.69, 9.17) is 10.9 Å². The van der Waals surface area contributed by atoms with Gasteiger partial charge in [-0.15, -0.1) is 0 Å². The Morgan fingerprint density at radius 2 is 2.06 bits per heavy atom. The van der Waals surface area contributed by atoms with Crippen LogP contribution >= 0.6 is 0 Å². The van der Waals surface area contributed by atoms with Gasteiger partial charge in [0, 0.05) is 0 Å². The molecule has 1 aromatic rings. The lowest BCUT2D eigenvalue weighted by molar-refractivity contribution is 0.147. The number of sulfonamides is 1. The lowest BCUT2D eigenvalue weighted by Crippen LogP contribution is -2.18. The molecule has 0 unspecified atom stereocenters. The van der Waals surface area contributed by atoms with Gasteiger partial charge in [0.15, 0.2) is 10.8 Å². The fraction of sp³-hybridized carbons (Fsp3) is 0.286. The summed E-state index contributed by atoms with van der Waals surface area (Å²) in [6, 6.07) is 0. The summed E-state index contributed by atoms with van der Waals surface area (Å²) in [6.45, 7) is 0. The molecule has 1 aromatic heterocycles. The molecule has 0 bridgehead atoms. The normalized spacial score (nSPS) is 11.8. The first-order valence-corrected chi connectivity index (χ1v) is 5.47. The van der Waals surface area contributed by atoms with Gasteiger partial charge in [0.05, 0.1) is 24.6 Å². The maximum Gasteiger partial charge on any atom is 0.268 e. The molecule has 0 atom stereocenters. The largest absolute Gasteiger partial charge is 0.493 e. The minimum absolute atomic E-state index is 0.136. The minimum atomic E-state index is -4.35. The van der Waals surface area contributed by atoms with E-state index in [0.717, 1.165) is 6.20 Å². The topological polar surface area (TPSA) is 108 Å². The van der Waals surface area contributed by atoms with Gasteiger partial charge in [-0.3, -0.25) is 0 Å². The van der Waals surface area contributed by atoms with E-state index < -0.39 is 32.7 Å². The van der Waals surface area contributed by atoms with Crippen LogP contribution in [0.2, 0.25) is 0 Å². The third-order valence-corrected chi connectivity index (χ3v) is 2.66. The van der Waals surface area contributed by atoms with Crippen LogP contribution in [0.5, 0.6) is 5.75 Å². The zero-order chi connectivity index (χ0) is 12.5. The van der Waals surface area contributed by atoms with E-state index in [9.17, 15) is 17.2 Å². The van der Waals surface area contributed by atoms with Crippen molar-refractivity contribution in [1.29, 1.82) is 0 Å². The molecule has 0 aromatic carbocycles. The van der Waals surface area contributed by atoms with Crippen molar-refractivity contribution in [3.05, 3.63) is 11.8 Å². The van der Waals surface area contributed by atoms with Gasteiger partial charge in [0.25, 0.3) is 16.4 Å². The second-order valence-electron chi connectivity index (χ2n) is 2.80. The molecule has 0 aliphatic rings. The second-order valence-corrected chi connectivity index (χ2v) is 4.28. The number of rotatable bonds is 3. The number of ether oxygens (including phenoxy) is 1. The SMILES string of the molecule is COc1cnc(S(N)(=O)=O)c(C(F)F)c1N. The highest BCUT2D eigenvalue weighted by Crippen LogP contribution is 2.35. The van der Waals surface area contributed by atoms with Crippen molar-refractivity contribution in [3.63, 3.8) is 0 Å². The van der Waals surface area contributed by atoms with Crippen LogP contribution in [-0.2, 0) is 10.0 Å². The molecule has 1 rings (SSSR count). The smallest absolute Gasteiger partial charge is 0.268 e. The third-order valence-electron chi connectivity index (χ3n) is 1.79. The van der Waals surface area contributed by atoms with E-state index in [0.29, 0.717) is 0 Å². The molecular weight excluding hydrogens is 244 g/mol. The summed E-state index contributed by atoms with van der Waals surface area (Å²) in [7, 11) is -3.16. The Hall–Kier alpha value is -1.48. The summed E-state index contributed by atoms with van der Waals surface area (Å²) in [4.78, 5) is 3.30. The molecule has 16 heavy (non-hydrogen) atoms. The average Bonchev–Trinajstić information content (AvgIpc) is 2.15. The number of aromatic nitrogens is 1. The fourth-order valence-corrected chi connectivity index (χ4v) is 1.81. The van der Waals surface area contributed by atoms with Gasteiger partial charge in [-0.25, -0.2) is 27.3 Å². The highest BCUT2D eigenvalue weighted by atomic mass is 32.2. The lowest BCUT2D eigenvalue weighted by Gasteiger charge is -2.11. The number of nitrogens with zero attached hydrogens (tertiary/aromatic N) is 1. The van der Waals surface area contributed by atoms with Crippen LogP contribution in [0.15, 0.2) is 11.2 Å². The first kappa shape index (κ1) is 12.6. The molecule has 0 saturated carbocycles. The van der Waals surface area contributed by atoms with Gasteiger partial charge in [-0.2, -0.15) is 0 Å². The van der Waals surface area contributed by atoms with Crippen LogP contribution in [0.25, 0.3) is 0 Å². The van der Waals surface area contributed by atoms with E-state index in [2.05, 4.69) is 9.72 Å². The van der Waals surface area contributed by atoms with E-state index in [1.165, 1.54) is 7.11 Å². The number of methoxy groups -OCH3 is 1. The summed E-state index contributed by atoms with van der Waals surface area (Å²) in [5.74, 6) is -0.136. The van der Waals surface area contributed by atoms with E-state index in [1.54, 1.807) is 0 Å². The first-order chi connectivity index (χ1) is 7.29.